The lowest BCUT2D eigenvalue weighted by Gasteiger charge is -2.05. The van der Waals surface area contributed by atoms with Crippen molar-refractivity contribution >= 4 is 23.3 Å². The van der Waals surface area contributed by atoms with Crippen molar-refractivity contribution in [1.82, 2.24) is 10.2 Å². The average Bonchev–Trinajstić information content (AvgIpc) is 2.96. The number of aryl methyl sites for hydroxylation is 1. The minimum absolute atomic E-state index is 0.303. The molecule has 0 radical (unpaired) electrons. The fourth-order valence-corrected chi connectivity index (χ4v) is 2.29. The topological polar surface area (TPSA) is 60.2 Å². The fourth-order valence-electron chi connectivity index (χ4n) is 2.04. The van der Waals surface area contributed by atoms with Gasteiger partial charge in [-0.1, -0.05) is 34.4 Å². The molecular formula is C16H14ClN3O2. The number of rotatable bonds is 4. The highest BCUT2D eigenvalue weighted by atomic mass is 35.5. The third kappa shape index (κ3) is 3.04. The predicted octanol–water partition coefficient (Wildman–Crippen LogP) is 4.45. The first-order valence-electron chi connectivity index (χ1n) is 6.67. The van der Waals surface area contributed by atoms with Crippen molar-refractivity contribution < 1.29 is 9.15 Å². The Bertz CT molecular complexity index is 802. The van der Waals surface area contributed by atoms with Crippen molar-refractivity contribution in [1.29, 1.82) is 0 Å². The van der Waals surface area contributed by atoms with Gasteiger partial charge in [-0.25, -0.2) is 0 Å². The summed E-state index contributed by atoms with van der Waals surface area (Å²) in [6, 6.07) is 13.5. The third-order valence-electron chi connectivity index (χ3n) is 3.09. The van der Waals surface area contributed by atoms with Crippen molar-refractivity contribution in [2.75, 3.05) is 12.4 Å². The monoisotopic (exact) mass is 315 g/mol. The van der Waals surface area contributed by atoms with E-state index in [0.717, 1.165) is 16.8 Å². The molecule has 0 saturated heterocycles. The summed E-state index contributed by atoms with van der Waals surface area (Å²) >= 11 is 6.08. The molecule has 0 aliphatic carbocycles. The Morgan fingerprint density at radius 3 is 2.73 bits per heavy atom. The summed E-state index contributed by atoms with van der Waals surface area (Å²) < 4.78 is 10.7. The number of aromatic nitrogens is 2. The smallest absolute Gasteiger partial charge is 0.320 e. The molecule has 6 heteroatoms. The maximum atomic E-state index is 6.08. The Hall–Kier alpha value is -2.53. The van der Waals surface area contributed by atoms with E-state index in [1.807, 2.05) is 37.3 Å². The van der Waals surface area contributed by atoms with E-state index in [9.17, 15) is 0 Å². The molecule has 112 valence electrons. The standard InChI is InChI=1S/C16H14ClN3O2/c1-10-4-3-5-11(8-10)15-19-20-16(22-15)18-12-6-7-14(21-2)13(17)9-12/h3-9H,1-2H3,(H,18,20). The summed E-state index contributed by atoms with van der Waals surface area (Å²) in [4.78, 5) is 0. The van der Waals surface area contributed by atoms with Crippen LogP contribution in [0.5, 0.6) is 5.75 Å². The molecule has 0 fully saturated rings. The van der Waals surface area contributed by atoms with E-state index in [0.29, 0.717) is 22.7 Å². The molecule has 5 nitrogen and oxygen atoms in total. The molecule has 3 rings (SSSR count). The molecule has 1 heterocycles. The van der Waals surface area contributed by atoms with Gasteiger partial charge in [-0.3, -0.25) is 0 Å². The van der Waals surface area contributed by atoms with Crippen LogP contribution in [0.2, 0.25) is 5.02 Å². The molecule has 22 heavy (non-hydrogen) atoms. The summed E-state index contributed by atoms with van der Waals surface area (Å²) in [5.74, 6) is 1.07. The number of benzene rings is 2. The maximum Gasteiger partial charge on any atom is 0.320 e. The molecule has 0 amide bonds. The Morgan fingerprint density at radius 2 is 2.00 bits per heavy atom. The summed E-state index contributed by atoms with van der Waals surface area (Å²) in [5, 5.41) is 11.6. The van der Waals surface area contributed by atoms with E-state index in [2.05, 4.69) is 15.5 Å². The SMILES string of the molecule is COc1ccc(Nc2nnc(-c3cccc(C)c3)o2)cc1Cl. The van der Waals surface area contributed by atoms with Gasteiger partial charge in [0, 0.05) is 11.3 Å². The molecular weight excluding hydrogens is 302 g/mol. The molecule has 0 aliphatic rings. The first-order valence-corrected chi connectivity index (χ1v) is 7.04. The van der Waals surface area contributed by atoms with Crippen LogP contribution in [0.4, 0.5) is 11.7 Å². The second-order valence-corrected chi connectivity index (χ2v) is 5.16. The molecule has 1 N–H and O–H groups in total. The molecule has 0 atom stereocenters. The Labute approximate surface area is 132 Å². The van der Waals surface area contributed by atoms with Gasteiger partial charge in [0.05, 0.1) is 12.1 Å². The van der Waals surface area contributed by atoms with Crippen molar-refractivity contribution in [2.24, 2.45) is 0 Å². The number of nitrogens with one attached hydrogen (secondary N) is 1. The number of halogens is 1. The van der Waals surface area contributed by atoms with Gasteiger partial charge in [0.1, 0.15) is 5.75 Å². The maximum absolute atomic E-state index is 6.08. The number of hydrogen-bond acceptors (Lipinski definition) is 5. The highest BCUT2D eigenvalue weighted by Crippen LogP contribution is 2.29. The largest absolute Gasteiger partial charge is 0.495 e. The average molecular weight is 316 g/mol. The van der Waals surface area contributed by atoms with Gasteiger partial charge in [-0.15, -0.1) is 5.10 Å². The van der Waals surface area contributed by atoms with Gasteiger partial charge in [-0.05, 0) is 37.3 Å². The minimum Gasteiger partial charge on any atom is -0.495 e. The van der Waals surface area contributed by atoms with Crippen LogP contribution in [0, 0.1) is 6.92 Å². The first-order chi connectivity index (χ1) is 10.7. The van der Waals surface area contributed by atoms with Gasteiger partial charge in [-0.2, -0.15) is 0 Å². The van der Waals surface area contributed by atoms with Crippen molar-refractivity contribution in [3.8, 4) is 17.2 Å². The number of nitrogens with zero attached hydrogens (tertiary/aromatic N) is 2. The normalized spacial score (nSPS) is 10.5. The Morgan fingerprint density at radius 1 is 1.14 bits per heavy atom. The van der Waals surface area contributed by atoms with Crippen molar-refractivity contribution in [3.63, 3.8) is 0 Å². The van der Waals surface area contributed by atoms with Crippen LogP contribution in [-0.4, -0.2) is 17.3 Å². The predicted molar refractivity (Wildman–Crippen MR) is 85.8 cm³/mol. The molecule has 0 aliphatic heterocycles. The molecule has 3 aromatic rings. The van der Waals surface area contributed by atoms with E-state index >= 15 is 0 Å². The Balaban J connectivity index is 1.81. The summed E-state index contributed by atoms with van der Waals surface area (Å²) in [6.07, 6.45) is 0. The molecule has 1 aromatic heterocycles. The fraction of sp³-hybridized carbons (Fsp3) is 0.125. The van der Waals surface area contributed by atoms with Gasteiger partial charge in [0.15, 0.2) is 0 Å². The molecule has 2 aromatic carbocycles. The number of anilines is 2. The van der Waals surface area contributed by atoms with E-state index in [1.54, 1.807) is 19.2 Å². The van der Waals surface area contributed by atoms with E-state index in [1.165, 1.54) is 0 Å². The number of methoxy groups -OCH3 is 1. The zero-order valence-electron chi connectivity index (χ0n) is 12.1. The van der Waals surface area contributed by atoms with Crippen LogP contribution in [-0.2, 0) is 0 Å². The van der Waals surface area contributed by atoms with Crippen LogP contribution in [0.25, 0.3) is 11.5 Å². The summed E-state index contributed by atoms with van der Waals surface area (Å²) in [5.41, 5.74) is 2.76. The lowest BCUT2D eigenvalue weighted by atomic mass is 10.1. The lowest BCUT2D eigenvalue weighted by molar-refractivity contribution is 0.415. The van der Waals surface area contributed by atoms with Gasteiger partial charge < -0.3 is 14.5 Å². The van der Waals surface area contributed by atoms with Crippen LogP contribution in [0.1, 0.15) is 5.56 Å². The zero-order chi connectivity index (χ0) is 15.5. The second-order valence-electron chi connectivity index (χ2n) is 4.76. The summed E-state index contributed by atoms with van der Waals surface area (Å²) in [7, 11) is 1.57. The van der Waals surface area contributed by atoms with Crippen molar-refractivity contribution in [2.45, 2.75) is 6.92 Å². The molecule has 0 spiro atoms. The van der Waals surface area contributed by atoms with Gasteiger partial charge >= 0.3 is 6.01 Å². The van der Waals surface area contributed by atoms with Crippen LogP contribution >= 0.6 is 11.6 Å². The van der Waals surface area contributed by atoms with Crippen molar-refractivity contribution in [3.05, 3.63) is 53.1 Å². The highest BCUT2D eigenvalue weighted by Gasteiger charge is 2.09. The second kappa shape index (κ2) is 6.07. The van der Waals surface area contributed by atoms with E-state index in [4.69, 9.17) is 20.8 Å². The van der Waals surface area contributed by atoms with Crippen LogP contribution in [0.3, 0.4) is 0 Å². The highest BCUT2D eigenvalue weighted by molar-refractivity contribution is 6.32. The Kier molecular flexibility index (Phi) is 3.98. The quantitative estimate of drug-likeness (QED) is 0.770. The van der Waals surface area contributed by atoms with Crippen LogP contribution in [0.15, 0.2) is 46.9 Å². The molecule has 0 unspecified atom stereocenters. The molecule has 0 bridgehead atoms. The lowest BCUT2D eigenvalue weighted by Crippen LogP contribution is -1.91. The van der Waals surface area contributed by atoms with E-state index in [-0.39, 0.29) is 0 Å². The van der Waals surface area contributed by atoms with Gasteiger partial charge in [0.25, 0.3) is 0 Å². The summed E-state index contributed by atoms with van der Waals surface area (Å²) in [6.45, 7) is 2.01. The first kappa shape index (κ1) is 14.4. The number of ether oxygens (including phenoxy) is 1. The molecule has 0 saturated carbocycles. The van der Waals surface area contributed by atoms with Gasteiger partial charge in [0.2, 0.25) is 5.89 Å². The van der Waals surface area contributed by atoms with E-state index < -0.39 is 0 Å². The van der Waals surface area contributed by atoms with Crippen LogP contribution < -0.4 is 10.1 Å². The minimum atomic E-state index is 0.303. The third-order valence-corrected chi connectivity index (χ3v) is 3.39. The number of hydrogen-bond donors (Lipinski definition) is 1. The zero-order valence-corrected chi connectivity index (χ0v) is 12.9.